The van der Waals surface area contributed by atoms with E-state index in [2.05, 4.69) is 36.3 Å². The minimum Gasteiger partial charge on any atom is -0.330 e. The van der Waals surface area contributed by atoms with Crippen molar-refractivity contribution in [3.63, 3.8) is 0 Å². The second-order valence-corrected chi connectivity index (χ2v) is 4.69. The van der Waals surface area contributed by atoms with E-state index in [-0.39, 0.29) is 0 Å². The molecular formula is C10H19N3S. The van der Waals surface area contributed by atoms with Crippen LogP contribution in [0.3, 0.4) is 0 Å². The third-order valence-corrected chi connectivity index (χ3v) is 3.07. The molecule has 0 aliphatic rings. The molecule has 1 unspecified atom stereocenters. The van der Waals surface area contributed by atoms with E-state index in [0.29, 0.717) is 12.5 Å². The maximum Gasteiger partial charge on any atom is 0.107 e. The summed E-state index contributed by atoms with van der Waals surface area (Å²) in [4.78, 5) is 6.72. The molecule has 0 saturated carbocycles. The zero-order valence-corrected chi connectivity index (χ0v) is 9.97. The van der Waals surface area contributed by atoms with Gasteiger partial charge in [0.25, 0.3) is 0 Å². The van der Waals surface area contributed by atoms with Crippen molar-refractivity contribution in [1.82, 2.24) is 9.88 Å². The van der Waals surface area contributed by atoms with Gasteiger partial charge in [-0.2, -0.15) is 0 Å². The number of hydrogen-bond donors (Lipinski definition) is 1. The van der Waals surface area contributed by atoms with Gasteiger partial charge in [-0.15, -0.1) is 11.3 Å². The molecule has 3 nitrogen and oxygen atoms in total. The number of nitrogens with two attached hydrogens (primary N) is 1. The summed E-state index contributed by atoms with van der Waals surface area (Å²) in [6.45, 7) is 3.77. The van der Waals surface area contributed by atoms with Crippen molar-refractivity contribution in [2.75, 3.05) is 20.6 Å². The van der Waals surface area contributed by atoms with Crippen LogP contribution in [-0.4, -0.2) is 30.5 Å². The van der Waals surface area contributed by atoms with Gasteiger partial charge in [0.05, 0.1) is 5.69 Å². The smallest absolute Gasteiger partial charge is 0.107 e. The highest BCUT2D eigenvalue weighted by Crippen LogP contribution is 2.21. The van der Waals surface area contributed by atoms with Crippen LogP contribution in [0.5, 0.6) is 0 Å². The van der Waals surface area contributed by atoms with Gasteiger partial charge in [0.1, 0.15) is 5.01 Å². The van der Waals surface area contributed by atoms with Crippen LogP contribution in [0.25, 0.3) is 0 Å². The maximum atomic E-state index is 5.68. The molecule has 14 heavy (non-hydrogen) atoms. The molecule has 0 radical (unpaired) electrons. The van der Waals surface area contributed by atoms with Gasteiger partial charge in [-0.25, -0.2) is 4.98 Å². The molecule has 0 aliphatic carbocycles. The van der Waals surface area contributed by atoms with E-state index in [4.69, 9.17) is 5.73 Å². The number of nitrogens with zero attached hydrogens (tertiary/aromatic N) is 2. The van der Waals surface area contributed by atoms with E-state index in [1.807, 2.05) is 0 Å². The van der Waals surface area contributed by atoms with Crippen molar-refractivity contribution >= 4 is 11.3 Å². The third-order valence-electron chi connectivity index (χ3n) is 2.22. The second-order valence-electron chi connectivity index (χ2n) is 3.74. The summed E-state index contributed by atoms with van der Waals surface area (Å²) >= 11 is 1.73. The standard InChI is InChI=1S/C10H19N3S/c1-4-8(5-11)9-7-14-10(12-9)6-13(2)3/h7-8H,4-6,11H2,1-3H3. The van der Waals surface area contributed by atoms with E-state index in [9.17, 15) is 0 Å². The van der Waals surface area contributed by atoms with Gasteiger partial charge >= 0.3 is 0 Å². The Hall–Kier alpha value is -0.450. The van der Waals surface area contributed by atoms with Gasteiger partial charge in [0.15, 0.2) is 0 Å². The van der Waals surface area contributed by atoms with Crippen molar-refractivity contribution in [2.45, 2.75) is 25.8 Å². The Bertz CT molecular complexity index is 266. The first-order chi connectivity index (χ1) is 6.67. The lowest BCUT2D eigenvalue weighted by atomic mass is 10.0. The van der Waals surface area contributed by atoms with Gasteiger partial charge in [-0.05, 0) is 20.5 Å². The molecule has 1 heterocycles. The summed E-state index contributed by atoms with van der Waals surface area (Å²) in [6, 6.07) is 0. The van der Waals surface area contributed by atoms with Crippen molar-refractivity contribution in [1.29, 1.82) is 0 Å². The molecule has 1 aromatic rings. The fourth-order valence-corrected chi connectivity index (χ4v) is 2.35. The predicted molar refractivity (Wildman–Crippen MR) is 61.6 cm³/mol. The number of hydrogen-bond acceptors (Lipinski definition) is 4. The van der Waals surface area contributed by atoms with Crippen molar-refractivity contribution in [3.8, 4) is 0 Å². The SMILES string of the molecule is CCC(CN)c1csc(CN(C)C)n1. The molecule has 4 heteroatoms. The molecular weight excluding hydrogens is 194 g/mol. The minimum atomic E-state index is 0.433. The van der Waals surface area contributed by atoms with Gasteiger partial charge in [0.2, 0.25) is 0 Å². The van der Waals surface area contributed by atoms with Crippen LogP contribution in [0, 0.1) is 0 Å². The highest BCUT2D eigenvalue weighted by molar-refractivity contribution is 7.09. The number of rotatable bonds is 5. The summed E-state index contributed by atoms with van der Waals surface area (Å²) < 4.78 is 0. The summed E-state index contributed by atoms with van der Waals surface area (Å²) in [5.74, 6) is 0.433. The van der Waals surface area contributed by atoms with E-state index < -0.39 is 0 Å². The van der Waals surface area contributed by atoms with Crippen LogP contribution in [0.2, 0.25) is 0 Å². The molecule has 0 spiro atoms. The van der Waals surface area contributed by atoms with Crippen molar-refractivity contribution in [2.24, 2.45) is 5.73 Å². The van der Waals surface area contributed by atoms with Crippen LogP contribution >= 0.6 is 11.3 Å². The lowest BCUT2D eigenvalue weighted by Gasteiger charge is -2.08. The minimum absolute atomic E-state index is 0.433. The Morgan fingerprint density at radius 2 is 2.29 bits per heavy atom. The fraction of sp³-hybridized carbons (Fsp3) is 0.700. The molecule has 0 fully saturated rings. The van der Waals surface area contributed by atoms with Crippen LogP contribution in [-0.2, 0) is 6.54 Å². The largest absolute Gasteiger partial charge is 0.330 e. The van der Waals surface area contributed by atoms with E-state index in [0.717, 1.165) is 18.7 Å². The Balaban J connectivity index is 2.66. The summed E-state index contributed by atoms with van der Waals surface area (Å²) in [6.07, 6.45) is 1.07. The highest BCUT2D eigenvalue weighted by atomic mass is 32.1. The normalized spacial score (nSPS) is 13.5. The Morgan fingerprint density at radius 1 is 1.57 bits per heavy atom. The molecule has 0 saturated heterocycles. The average Bonchev–Trinajstić information content (AvgIpc) is 2.54. The molecule has 0 bridgehead atoms. The lowest BCUT2D eigenvalue weighted by molar-refractivity contribution is 0.401. The average molecular weight is 213 g/mol. The molecule has 1 rings (SSSR count). The second kappa shape index (κ2) is 5.44. The van der Waals surface area contributed by atoms with Gasteiger partial charge in [-0.3, -0.25) is 0 Å². The van der Waals surface area contributed by atoms with E-state index in [1.54, 1.807) is 11.3 Å². The summed E-state index contributed by atoms with van der Waals surface area (Å²) in [7, 11) is 4.11. The number of aromatic nitrogens is 1. The van der Waals surface area contributed by atoms with Gasteiger partial charge < -0.3 is 10.6 Å². The third kappa shape index (κ3) is 3.04. The first-order valence-corrected chi connectivity index (χ1v) is 5.84. The van der Waals surface area contributed by atoms with Crippen molar-refractivity contribution in [3.05, 3.63) is 16.1 Å². The van der Waals surface area contributed by atoms with Gasteiger partial charge in [-0.1, -0.05) is 6.92 Å². The Morgan fingerprint density at radius 3 is 2.79 bits per heavy atom. The van der Waals surface area contributed by atoms with Crippen LogP contribution in [0.1, 0.15) is 30.0 Å². The Kier molecular flexibility index (Phi) is 4.51. The van der Waals surface area contributed by atoms with Crippen LogP contribution < -0.4 is 5.73 Å². The highest BCUT2D eigenvalue weighted by Gasteiger charge is 2.11. The molecule has 0 amide bonds. The maximum absolute atomic E-state index is 5.68. The summed E-state index contributed by atoms with van der Waals surface area (Å²) in [5, 5.41) is 3.32. The Labute approximate surface area is 89.9 Å². The van der Waals surface area contributed by atoms with Crippen LogP contribution in [0.4, 0.5) is 0 Å². The fourth-order valence-electron chi connectivity index (χ4n) is 1.35. The zero-order valence-electron chi connectivity index (χ0n) is 9.16. The van der Waals surface area contributed by atoms with Crippen molar-refractivity contribution < 1.29 is 0 Å². The van der Waals surface area contributed by atoms with Gasteiger partial charge in [0, 0.05) is 24.4 Å². The molecule has 80 valence electrons. The monoisotopic (exact) mass is 213 g/mol. The quantitative estimate of drug-likeness (QED) is 0.809. The molecule has 2 N–H and O–H groups in total. The molecule has 1 aromatic heterocycles. The molecule has 1 atom stereocenters. The molecule has 0 aliphatic heterocycles. The van der Waals surface area contributed by atoms with E-state index >= 15 is 0 Å². The lowest BCUT2D eigenvalue weighted by Crippen LogP contribution is -2.13. The topological polar surface area (TPSA) is 42.1 Å². The first kappa shape index (κ1) is 11.6. The molecule has 0 aromatic carbocycles. The first-order valence-electron chi connectivity index (χ1n) is 4.96. The zero-order chi connectivity index (χ0) is 10.6. The number of thiazole rings is 1. The summed E-state index contributed by atoms with van der Waals surface area (Å²) in [5.41, 5.74) is 6.84. The predicted octanol–water partition coefficient (Wildman–Crippen LogP) is 1.66. The van der Waals surface area contributed by atoms with E-state index in [1.165, 1.54) is 5.01 Å². The van der Waals surface area contributed by atoms with Crippen LogP contribution in [0.15, 0.2) is 5.38 Å².